The number of nitrogens with two attached hydrogens (primary N) is 1. The summed E-state index contributed by atoms with van der Waals surface area (Å²) in [5.41, 5.74) is 6.74. The monoisotopic (exact) mass is 293 g/mol. The highest BCUT2D eigenvalue weighted by Gasteiger charge is 2.32. The summed E-state index contributed by atoms with van der Waals surface area (Å²) in [5, 5.41) is 11.5. The Morgan fingerprint density at radius 1 is 1.55 bits per heavy atom. The SMILES string of the molecule is CC(C)N(CC(N)=NO)C(=O)C1Cc2ccccc2S1. The van der Waals surface area contributed by atoms with Gasteiger partial charge in [-0.2, -0.15) is 0 Å². The Balaban J connectivity index is 2.10. The molecule has 1 unspecified atom stereocenters. The summed E-state index contributed by atoms with van der Waals surface area (Å²) in [6, 6.07) is 8.07. The number of benzene rings is 1. The number of amides is 1. The molecule has 1 aliphatic rings. The van der Waals surface area contributed by atoms with Crippen LogP contribution in [0.3, 0.4) is 0 Å². The zero-order valence-corrected chi connectivity index (χ0v) is 12.4. The molecule has 0 bridgehead atoms. The zero-order chi connectivity index (χ0) is 14.7. The molecule has 0 saturated carbocycles. The third-order valence-electron chi connectivity index (χ3n) is 3.29. The normalized spacial score (nSPS) is 18.1. The Morgan fingerprint density at radius 2 is 2.25 bits per heavy atom. The molecule has 20 heavy (non-hydrogen) atoms. The molecule has 2 rings (SSSR count). The van der Waals surface area contributed by atoms with E-state index in [1.807, 2.05) is 32.0 Å². The van der Waals surface area contributed by atoms with E-state index >= 15 is 0 Å². The van der Waals surface area contributed by atoms with Gasteiger partial charge in [-0.15, -0.1) is 11.8 Å². The number of carbonyl (C=O) groups excluding carboxylic acids is 1. The van der Waals surface area contributed by atoms with Gasteiger partial charge >= 0.3 is 0 Å². The van der Waals surface area contributed by atoms with Gasteiger partial charge in [0, 0.05) is 10.9 Å². The molecule has 0 radical (unpaired) electrons. The highest BCUT2D eigenvalue weighted by atomic mass is 32.2. The fraction of sp³-hybridized carbons (Fsp3) is 0.429. The minimum Gasteiger partial charge on any atom is -0.409 e. The van der Waals surface area contributed by atoms with Crippen molar-refractivity contribution in [1.29, 1.82) is 0 Å². The largest absolute Gasteiger partial charge is 0.409 e. The predicted octanol–water partition coefficient (Wildman–Crippen LogP) is 1.69. The van der Waals surface area contributed by atoms with Crippen LogP contribution < -0.4 is 5.73 Å². The highest BCUT2D eigenvalue weighted by molar-refractivity contribution is 8.01. The Kier molecular flexibility index (Phi) is 4.54. The maximum Gasteiger partial charge on any atom is 0.237 e. The van der Waals surface area contributed by atoms with Crippen LogP contribution >= 0.6 is 11.8 Å². The molecule has 0 aliphatic carbocycles. The van der Waals surface area contributed by atoms with Gasteiger partial charge in [0.25, 0.3) is 0 Å². The number of rotatable bonds is 4. The van der Waals surface area contributed by atoms with Crippen LogP contribution in [0.2, 0.25) is 0 Å². The smallest absolute Gasteiger partial charge is 0.237 e. The summed E-state index contributed by atoms with van der Waals surface area (Å²) in [6.45, 7) is 4.00. The Hall–Kier alpha value is -1.69. The van der Waals surface area contributed by atoms with E-state index in [2.05, 4.69) is 11.2 Å². The molecule has 1 aromatic rings. The number of amidine groups is 1. The summed E-state index contributed by atoms with van der Waals surface area (Å²) >= 11 is 1.59. The minimum absolute atomic E-state index is 0.00659. The maximum absolute atomic E-state index is 12.6. The van der Waals surface area contributed by atoms with E-state index in [0.717, 1.165) is 6.42 Å². The van der Waals surface area contributed by atoms with E-state index in [-0.39, 0.29) is 29.6 Å². The first kappa shape index (κ1) is 14.7. The van der Waals surface area contributed by atoms with E-state index in [9.17, 15) is 4.79 Å². The van der Waals surface area contributed by atoms with Gasteiger partial charge in [-0.3, -0.25) is 4.79 Å². The van der Waals surface area contributed by atoms with Gasteiger partial charge in [0.2, 0.25) is 5.91 Å². The summed E-state index contributed by atoms with van der Waals surface area (Å²) in [7, 11) is 0. The van der Waals surface area contributed by atoms with Crippen LogP contribution in [0.25, 0.3) is 0 Å². The second-order valence-electron chi connectivity index (χ2n) is 5.07. The third-order valence-corrected chi connectivity index (χ3v) is 4.59. The second-order valence-corrected chi connectivity index (χ2v) is 6.31. The molecule has 1 aliphatic heterocycles. The molecule has 1 heterocycles. The predicted molar refractivity (Wildman–Crippen MR) is 80.0 cm³/mol. The van der Waals surface area contributed by atoms with Crippen molar-refractivity contribution in [3.05, 3.63) is 29.8 Å². The van der Waals surface area contributed by atoms with Crippen LogP contribution in [0.5, 0.6) is 0 Å². The summed E-state index contributed by atoms with van der Waals surface area (Å²) in [5.74, 6) is 0.0837. The molecule has 0 spiro atoms. The number of hydrogen-bond donors (Lipinski definition) is 2. The number of hydrogen-bond acceptors (Lipinski definition) is 4. The van der Waals surface area contributed by atoms with Gasteiger partial charge in [0.1, 0.15) is 0 Å². The number of oxime groups is 1. The van der Waals surface area contributed by atoms with Crippen molar-refractivity contribution in [2.45, 2.75) is 36.5 Å². The minimum atomic E-state index is -0.124. The van der Waals surface area contributed by atoms with Crippen molar-refractivity contribution in [2.75, 3.05) is 6.54 Å². The lowest BCUT2D eigenvalue weighted by molar-refractivity contribution is -0.131. The molecule has 6 heteroatoms. The first-order valence-corrected chi connectivity index (χ1v) is 7.42. The van der Waals surface area contributed by atoms with Gasteiger partial charge < -0.3 is 15.8 Å². The number of thioether (sulfide) groups is 1. The first-order valence-electron chi connectivity index (χ1n) is 6.54. The van der Waals surface area contributed by atoms with Crippen LogP contribution in [0, 0.1) is 0 Å². The summed E-state index contributed by atoms with van der Waals surface area (Å²) in [4.78, 5) is 15.4. The van der Waals surface area contributed by atoms with E-state index in [1.165, 1.54) is 10.5 Å². The average Bonchev–Trinajstić information content (AvgIpc) is 2.87. The van der Waals surface area contributed by atoms with Gasteiger partial charge in [-0.1, -0.05) is 23.4 Å². The summed E-state index contributed by atoms with van der Waals surface area (Å²) in [6.07, 6.45) is 0.735. The molecule has 0 fully saturated rings. The van der Waals surface area contributed by atoms with E-state index in [0.29, 0.717) is 0 Å². The quantitative estimate of drug-likeness (QED) is 0.383. The van der Waals surface area contributed by atoms with Crippen molar-refractivity contribution in [3.8, 4) is 0 Å². The lowest BCUT2D eigenvalue weighted by Gasteiger charge is -2.28. The van der Waals surface area contributed by atoms with E-state index in [4.69, 9.17) is 10.9 Å². The molecule has 0 aromatic heterocycles. The molecule has 108 valence electrons. The Labute approximate surface area is 122 Å². The van der Waals surface area contributed by atoms with Gasteiger partial charge in [0.15, 0.2) is 5.84 Å². The molecule has 1 atom stereocenters. The zero-order valence-electron chi connectivity index (χ0n) is 11.6. The topological polar surface area (TPSA) is 78.9 Å². The van der Waals surface area contributed by atoms with Crippen molar-refractivity contribution < 1.29 is 10.0 Å². The third kappa shape index (κ3) is 3.07. The molecule has 0 saturated heterocycles. The van der Waals surface area contributed by atoms with Crippen LogP contribution in [-0.2, 0) is 11.2 Å². The van der Waals surface area contributed by atoms with Gasteiger partial charge in [-0.05, 0) is 31.9 Å². The Morgan fingerprint density at radius 3 is 2.85 bits per heavy atom. The molecular weight excluding hydrogens is 274 g/mol. The van der Waals surface area contributed by atoms with Gasteiger partial charge in [0.05, 0.1) is 11.8 Å². The van der Waals surface area contributed by atoms with Gasteiger partial charge in [-0.25, -0.2) is 0 Å². The van der Waals surface area contributed by atoms with Crippen molar-refractivity contribution in [1.82, 2.24) is 4.90 Å². The Bertz CT molecular complexity index is 506. The van der Waals surface area contributed by atoms with Crippen molar-refractivity contribution >= 4 is 23.5 Å². The fourth-order valence-electron chi connectivity index (χ4n) is 2.23. The maximum atomic E-state index is 12.6. The number of carbonyl (C=O) groups is 1. The molecule has 1 aromatic carbocycles. The van der Waals surface area contributed by atoms with E-state index < -0.39 is 0 Å². The summed E-state index contributed by atoms with van der Waals surface area (Å²) < 4.78 is 0. The molecule has 1 amide bonds. The highest BCUT2D eigenvalue weighted by Crippen LogP contribution is 2.37. The van der Waals surface area contributed by atoms with Crippen LogP contribution in [0.15, 0.2) is 34.3 Å². The lowest BCUT2D eigenvalue weighted by atomic mass is 10.1. The number of nitrogens with zero attached hydrogens (tertiary/aromatic N) is 2. The fourth-order valence-corrected chi connectivity index (χ4v) is 3.49. The average molecular weight is 293 g/mol. The molecule has 5 nitrogen and oxygen atoms in total. The first-order chi connectivity index (χ1) is 9.52. The van der Waals surface area contributed by atoms with Crippen molar-refractivity contribution in [2.24, 2.45) is 10.9 Å². The standard InChI is InChI=1S/C14H19N3O2S/c1-9(2)17(8-13(15)16-19)14(18)12-7-10-5-3-4-6-11(10)20-12/h3-6,9,12,19H,7-8H2,1-2H3,(H2,15,16). The van der Waals surface area contributed by atoms with Crippen LogP contribution in [-0.4, -0.2) is 39.7 Å². The van der Waals surface area contributed by atoms with Crippen LogP contribution in [0.1, 0.15) is 19.4 Å². The molecule has 3 N–H and O–H groups in total. The van der Waals surface area contributed by atoms with Crippen LogP contribution in [0.4, 0.5) is 0 Å². The van der Waals surface area contributed by atoms with Crippen molar-refractivity contribution in [3.63, 3.8) is 0 Å². The lowest BCUT2D eigenvalue weighted by Crippen LogP contribution is -2.46. The molecular formula is C14H19N3O2S. The van der Waals surface area contributed by atoms with E-state index in [1.54, 1.807) is 16.7 Å². The second kappa shape index (κ2) is 6.17. The number of fused-ring (bicyclic) bond motifs is 1.